The molecule has 1 aliphatic carbocycles. The van der Waals surface area contributed by atoms with E-state index in [0.29, 0.717) is 0 Å². The molecule has 2 aliphatic rings. The Kier molecular flexibility index (Phi) is 2.89. The van der Waals surface area contributed by atoms with Crippen molar-refractivity contribution in [3.05, 3.63) is 34.4 Å². The Hall–Kier alpha value is -2.18. The first kappa shape index (κ1) is 13.8. The molecule has 0 fully saturated rings. The van der Waals surface area contributed by atoms with Crippen molar-refractivity contribution in [1.82, 2.24) is 0 Å². The van der Waals surface area contributed by atoms with E-state index in [2.05, 4.69) is 0 Å². The molecule has 0 bridgehead atoms. The molecule has 1 aromatic rings. The Labute approximate surface area is 120 Å². The standard InChI is InChI=1S/C15H14O6/c1-15(19)5-9-10(6-21-15)14(18)12-8(13(9)17)3-7(20-2)4-11(12)16/h3-4,16,19H,5-6H2,1-2H3/t15-/m0/s1. The summed E-state index contributed by atoms with van der Waals surface area (Å²) in [7, 11) is 1.40. The highest BCUT2D eigenvalue weighted by Crippen LogP contribution is 2.40. The van der Waals surface area contributed by atoms with Crippen LogP contribution in [0.25, 0.3) is 0 Å². The van der Waals surface area contributed by atoms with Gasteiger partial charge in [0.05, 0.1) is 19.3 Å². The zero-order chi connectivity index (χ0) is 15.4. The van der Waals surface area contributed by atoms with Crippen molar-refractivity contribution in [3.63, 3.8) is 0 Å². The zero-order valence-electron chi connectivity index (χ0n) is 11.6. The maximum absolute atomic E-state index is 12.6. The number of aliphatic hydroxyl groups is 1. The first-order chi connectivity index (χ1) is 9.84. The van der Waals surface area contributed by atoms with Crippen LogP contribution in [-0.2, 0) is 4.74 Å². The average molecular weight is 290 g/mol. The smallest absolute Gasteiger partial charge is 0.196 e. The van der Waals surface area contributed by atoms with Crippen molar-refractivity contribution in [2.45, 2.75) is 19.1 Å². The lowest BCUT2D eigenvalue weighted by molar-refractivity contribution is -0.187. The number of rotatable bonds is 1. The van der Waals surface area contributed by atoms with E-state index in [0.717, 1.165) is 0 Å². The number of phenols is 1. The molecule has 6 heteroatoms. The molecule has 110 valence electrons. The van der Waals surface area contributed by atoms with Crippen LogP contribution in [0.5, 0.6) is 11.5 Å². The Morgan fingerprint density at radius 3 is 2.62 bits per heavy atom. The van der Waals surface area contributed by atoms with E-state index in [9.17, 15) is 19.8 Å². The fourth-order valence-corrected chi connectivity index (χ4v) is 2.67. The number of carbonyl (C=O) groups is 2. The van der Waals surface area contributed by atoms with Crippen LogP contribution in [0.2, 0.25) is 0 Å². The molecular formula is C15H14O6. The largest absolute Gasteiger partial charge is 0.507 e. The van der Waals surface area contributed by atoms with Gasteiger partial charge in [0.2, 0.25) is 0 Å². The summed E-state index contributed by atoms with van der Waals surface area (Å²) in [5.41, 5.74) is 0.480. The van der Waals surface area contributed by atoms with Crippen molar-refractivity contribution in [2.75, 3.05) is 13.7 Å². The van der Waals surface area contributed by atoms with Crippen molar-refractivity contribution in [1.29, 1.82) is 0 Å². The van der Waals surface area contributed by atoms with Gasteiger partial charge in [0.25, 0.3) is 0 Å². The van der Waals surface area contributed by atoms with Gasteiger partial charge in [-0.25, -0.2) is 0 Å². The molecule has 0 spiro atoms. The normalized spacial score (nSPS) is 24.7. The summed E-state index contributed by atoms with van der Waals surface area (Å²) in [5, 5.41) is 19.9. The van der Waals surface area contributed by atoms with Crippen LogP contribution >= 0.6 is 0 Å². The molecule has 1 atom stereocenters. The molecule has 0 amide bonds. The summed E-state index contributed by atoms with van der Waals surface area (Å²) in [6.07, 6.45) is -0.0652. The maximum Gasteiger partial charge on any atom is 0.196 e. The van der Waals surface area contributed by atoms with E-state index < -0.39 is 17.4 Å². The summed E-state index contributed by atoms with van der Waals surface area (Å²) in [4.78, 5) is 25.0. The van der Waals surface area contributed by atoms with E-state index in [4.69, 9.17) is 9.47 Å². The fourth-order valence-electron chi connectivity index (χ4n) is 2.67. The molecule has 1 aromatic carbocycles. The minimum Gasteiger partial charge on any atom is -0.507 e. The van der Waals surface area contributed by atoms with Crippen molar-refractivity contribution < 1.29 is 29.3 Å². The first-order valence-corrected chi connectivity index (χ1v) is 6.43. The highest BCUT2D eigenvalue weighted by molar-refractivity contribution is 6.28. The van der Waals surface area contributed by atoms with Crippen LogP contribution in [0.15, 0.2) is 23.3 Å². The van der Waals surface area contributed by atoms with Gasteiger partial charge in [-0.2, -0.15) is 0 Å². The van der Waals surface area contributed by atoms with Gasteiger partial charge in [-0.05, 0) is 13.0 Å². The molecule has 0 aromatic heterocycles. The number of Topliss-reactive ketones (excluding diaryl/α,β-unsaturated/α-hetero) is 2. The predicted octanol–water partition coefficient (Wildman–Crippen LogP) is 1.21. The van der Waals surface area contributed by atoms with Gasteiger partial charge < -0.3 is 19.7 Å². The number of aromatic hydroxyl groups is 1. The fraction of sp³-hybridized carbons (Fsp3) is 0.333. The molecular weight excluding hydrogens is 276 g/mol. The number of hydrogen-bond acceptors (Lipinski definition) is 6. The van der Waals surface area contributed by atoms with Gasteiger partial charge in [0.15, 0.2) is 17.4 Å². The van der Waals surface area contributed by atoms with Crippen LogP contribution in [-0.4, -0.2) is 41.3 Å². The zero-order valence-corrected chi connectivity index (χ0v) is 11.6. The number of hydrogen-bond donors (Lipinski definition) is 2. The quantitative estimate of drug-likeness (QED) is 0.807. The minimum atomic E-state index is -1.48. The Morgan fingerprint density at radius 2 is 1.95 bits per heavy atom. The number of ketones is 2. The van der Waals surface area contributed by atoms with Gasteiger partial charge in [0.1, 0.15) is 11.5 Å². The van der Waals surface area contributed by atoms with Crippen molar-refractivity contribution in [2.24, 2.45) is 0 Å². The van der Waals surface area contributed by atoms with Gasteiger partial charge in [-0.15, -0.1) is 0 Å². The third-order valence-corrected chi connectivity index (χ3v) is 3.74. The monoisotopic (exact) mass is 290 g/mol. The molecule has 0 radical (unpaired) electrons. The molecule has 0 saturated heterocycles. The average Bonchev–Trinajstić information content (AvgIpc) is 2.42. The predicted molar refractivity (Wildman–Crippen MR) is 71.5 cm³/mol. The summed E-state index contributed by atoms with van der Waals surface area (Å²) >= 11 is 0. The van der Waals surface area contributed by atoms with Gasteiger partial charge >= 0.3 is 0 Å². The van der Waals surface area contributed by atoms with Crippen LogP contribution in [0.1, 0.15) is 34.1 Å². The number of phenolic OH excluding ortho intramolecular Hbond substituents is 1. The summed E-state index contributed by atoms with van der Waals surface area (Å²) in [6, 6.07) is 2.71. The molecule has 1 heterocycles. The number of ether oxygens (including phenoxy) is 2. The second kappa shape index (κ2) is 4.41. The Bertz CT molecular complexity index is 698. The lowest BCUT2D eigenvalue weighted by Crippen LogP contribution is -2.39. The summed E-state index contributed by atoms with van der Waals surface area (Å²) in [5.74, 6) is -2.33. The van der Waals surface area contributed by atoms with Crippen LogP contribution in [0.4, 0.5) is 0 Å². The molecule has 2 N–H and O–H groups in total. The van der Waals surface area contributed by atoms with E-state index in [1.54, 1.807) is 0 Å². The molecule has 1 aliphatic heterocycles. The summed E-state index contributed by atoms with van der Waals surface area (Å²) in [6.45, 7) is 1.28. The van der Waals surface area contributed by atoms with Crippen LogP contribution in [0, 0.1) is 0 Å². The molecule has 21 heavy (non-hydrogen) atoms. The van der Waals surface area contributed by atoms with Crippen molar-refractivity contribution in [3.8, 4) is 11.5 Å². The van der Waals surface area contributed by atoms with Gasteiger partial charge in [0, 0.05) is 29.2 Å². The number of fused-ring (bicyclic) bond motifs is 1. The summed E-state index contributed by atoms with van der Waals surface area (Å²) < 4.78 is 10.2. The molecule has 0 saturated carbocycles. The van der Waals surface area contributed by atoms with E-state index in [1.807, 2.05) is 0 Å². The second-order valence-electron chi connectivity index (χ2n) is 5.32. The highest BCUT2D eigenvalue weighted by atomic mass is 16.6. The maximum atomic E-state index is 12.6. The lowest BCUT2D eigenvalue weighted by Gasteiger charge is -2.33. The lowest BCUT2D eigenvalue weighted by atomic mass is 9.80. The minimum absolute atomic E-state index is 0.0373. The molecule has 0 unspecified atom stereocenters. The van der Waals surface area contributed by atoms with Gasteiger partial charge in [-0.1, -0.05) is 0 Å². The Morgan fingerprint density at radius 1 is 1.24 bits per heavy atom. The highest BCUT2D eigenvalue weighted by Gasteiger charge is 2.41. The van der Waals surface area contributed by atoms with E-state index in [1.165, 1.54) is 26.2 Å². The van der Waals surface area contributed by atoms with E-state index >= 15 is 0 Å². The molecule has 3 rings (SSSR count). The Balaban J connectivity index is 2.19. The number of carbonyl (C=O) groups excluding carboxylic acids is 2. The topological polar surface area (TPSA) is 93.1 Å². The second-order valence-corrected chi connectivity index (χ2v) is 5.32. The van der Waals surface area contributed by atoms with Crippen LogP contribution < -0.4 is 4.74 Å². The third-order valence-electron chi connectivity index (χ3n) is 3.74. The van der Waals surface area contributed by atoms with Crippen molar-refractivity contribution >= 4 is 11.6 Å². The first-order valence-electron chi connectivity index (χ1n) is 6.43. The van der Waals surface area contributed by atoms with E-state index in [-0.39, 0.29) is 46.8 Å². The SMILES string of the molecule is COc1cc(O)c2c(c1)C(=O)C1=C(CO[C@](C)(O)C1)C2=O. The third kappa shape index (κ3) is 2.03. The molecule has 6 nitrogen and oxygen atoms in total. The van der Waals surface area contributed by atoms with Crippen LogP contribution in [0.3, 0.4) is 0 Å². The number of methoxy groups -OCH3 is 1. The number of benzene rings is 1. The van der Waals surface area contributed by atoms with Gasteiger partial charge in [-0.3, -0.25) is 9.59 Å².